The van der Waals surface area contributed by atoms with Gasteiger partial charge in [-0.05, 0) is 18.8 Å². The minimum atomic E-state index is -0.576. The van der Waals surface area contributed by atoms with E-state index in [-0.39, 0.29) is 0 Å². The summed E-state index contributed by atoms with van der Waals surface area (Å²) in [4.78, 5) is 0. The number of hydrogen-bond acceptors (Lipinski definition) is 2. The van der Waals surface area contributed by atoms with Crippen LogP contribution in [0, 0.1) is 5.92 Å². The summed E-state index contributed by atoms with van der Waals surface area (Å²) in [5, 5.41) is 17.5. The van der Waals surface area contributed by atoms with Crippen LogP contribution in [0.15, 0.2) is 0 Å². The summed E-state index contributed by atoms with van der Waals surface area (Å²) in [6, 6.07) is -0.576. The molecule has 0 bridgehead atoms. The second-order valence-corrected chi connectivity index (χ2v) is 2.68. The smallest absolute Gasteiger partial charge is 0.319 e. The topological polar surface area (TPSA) is 40.5 Å². The van der Waals surface area contributed by atoms with Crippen LogP contribution in [0.4, 0.5) is 0 Å². The molecule has 0 aromatic carbocycles. The van der Waals surface area contributed by atoms with Gasteiger partial charge in [-0.2, -0.15) is 0 Å². The monoisotopic (exact) mass is 127 g/mol. The molecular weight excluding hydrogens is 115 g/mol. The van der Waals surface area contributed by atoms with Crippen molar-refractivity contribution in [2.75, 3.05) is 0 Å². The number of rotatable bonds is 2. The Kier molecular flexibility index (Phi) is 2.55. The van der Waals surface area contributed by atoms with Crippen molar-refractivity contribution < 1.29 is 10.1 Å². The van der Waals surface area contributed by atoms with Crippen LogP contribution < -0.4 is 0 Å². The molecule has 1 aliphatic carbocycles. The molecule has 1 radical (unpaired) electrons. The first kappa shape index (κ1) is 7.10. The van der Waals surface area contributed by atoms with Gasteiger partial charge in [-0.25, -0.2) is 0 Å². The number of hydrogen-bond donors (Lipinski definition) is 2. The molecule has 51 valence electrons. The molecule has 2 nitrogen and oxygen atoms in total. The molecule has 0 amide bonds. The quantitative estimate of drug-likeness (QED) is 0.516. The van der Waals surface area contributed by atoms with Gasteiger partial charge in [0, 0.05) is 0 Å². The normalized spacial score (nSPS) is 24.2. The van der Waals surface area contributed by atoms with Gasteiger partial charge in [-0.1, -0.05) is 12.8 Å². The van der Waals surface area contributed by atoms with E-state index < -0.39 is 6.00 Å². The van der Waals surface area contributed by atoms with Gasteiger partial charge in [-0.3, -0.25) is 0 Å². The Morgan fingerprint density at radius 1 is 1.33 bits per heavy atom. The van der Waals surface area contributed by atoms with Crippen LogP contribution in [0.25, 0.3) is 0 Å². The SMILES string of the molecule is O[B]C(O)C1CCCC1. The van der Waals surface area contributed by atoms with Crippen LogP contribution in [0.2, 0.25) is 0 Å². The van der Waals surface area contributed by atoms with Crippen LogP contribution in [-0.2, 0) is 0 Å². The van der Waals surface area contributed by atoms with Crippen molar-refractivity contribution >= 4 is 7.48 Å². The highest BCUT2D eigenvalue weighted by Gasteiger charge is 2.22. The summed E-state index contributed by atoms with van der Waals surface area (Å²) in [5.41, 5.74) is 0. The predicted octanol–water partition coefficient (Wildman–Crippen LogP) is 0.107. The first-order valence-electron chi connectivity index (χ1n) is 3.50. The van der Waals surface area contributed by atoms with E-state index in [0.29, 0.717) is 5.92 Å². The molecule has 2 N–H and O–H groups in total. The fourth-order valence-electron chi connectivity index (χ4n) is 1.42. The lowest BCUT2D eigenvalue weighted by Crippen LogP contribution is -2.24. The van der Waals surface area contributed by atoms with Gasteiger partial charge in [0.05, 0.1) is 6.00 Å². The van der Waals surface area contributed by atoms with E-state index in [9.17, 15) is 0 Å². The summed E-state index contributed by atoms with van der Waals surface area (Å²) in [7, 11) is 0.899. The zero-order valence-corrected chi connectivity index (χ0v) is 5.45. The highest BCUT2D eigenvalue weighted by atomic mass is 16.3. The minimum absolute atomic E-state index is 0.329. The van der Waals surface area contributed by atoms with Gasteiger partial charge in [0.2, 0.25) is 0 Å². The third-order valence-electron chi connectivity index (χ3n) is 2.04. The van der Waals surface area contributed by atoms with Gasteiger partial charge in [0.1, 0.15) is 0 Å². The van der Waals surface area contributed by atoms with Gasteiger partial charge in [-0.15, -0.1) is 0 Å². The maximum atomic E-state index is 9.05. The molecule has 1 aliphatic rings. The van der Waals surface area contributed by atoms with Crippen molar-refractivity contribution in [3.8, 4) is 0 Å². The van der Waals surface area contributed by atoms with Gasteiger partial charge >= 0.3 is 7.48 Å². The fourth-order valence-corrected chi connectivity index (χ4v) is 1.42. The highest BCUT2D eigenvalue weighted by Crippen LogP contribution is 2.26. The molecule has 1 unspecified atom stereocenters. The number of aliphatic hydroxyl groups excluding tert-OH is 1. The Balaban J connectivity index is 2.24. The average Bonchev–Trinajstić information content (AvgIpc) is 2.37. The van der Waals surface area contributed by atoms with Crippen LogP contribution in [-0.4, -0.2) is 23.6 Å². The Morgan fingerprint density at radius 2 is 1.89 bits per heavy atom. The van der Waals surface area contributed by atoms with Crippen molar-refractivity contribution in [2.24, 2.45) is 5.92 Å². The molecule has 0 saturated heterocycles. The largest absolute Gasteiger partial charge is 0.452 e. The van der Waals surface area contributed by atoms with Crippen LogP contribution in [0.1, 0.15) is 25.7 Å². The van der Waals surface area contributed by atoms with Crippen LogP contribution in [0.5, 0.6) is 0 Å². The second kappa shape index (κ2) is 3.23. The van der Waals surface area contributed by atoms with Gasteiger partial charge < -0.3 is 10.1 Å². The lowest BCUT2D eigenvalue weighted by molar-refractivity contribution is 0.171. The van der Waals surface area contributed by atoms with E-state index in [1.165, 1.54) is 12.8 Å². The van der Waals surface area contributed by atoms with Crippen molar-refractivity contribution in [2.45, 2.75) is 31.7 Å². The number of aliphatic hydroxyl groups is 1. The van der Waals surface area contributed by atoms with Crippen LogP contribution >= 0.6 is 0 Å². The molecule has 1 fully saturated rings. The maximum absolute atomic E-state index is 9.05. The van der Waals surface area contributed by atoms with E-state index in [2.05, 4.69) is 0 Å². The standard InChI is InChI=1S/C6H12BO2/c8-6(7-9)5-3-1-2-4-5/h5-6,8-9H,1-4H2. The molecule has 1 rings (SSSR count). The highest BCUT2D eigenvalue weighted by molar-refractivity contribution is 6.27. The molecule has 0 heterocycles. The molecule has 0 aliphatic heterocycles. The van der Waals surface area contributed by atoms with E-state index >= 15 is 0 Å². The third-order valence-corrected chi connectivity index (χ3v) is 2.04. The molecular formula is C6H12BO2. The zero-order valence-electron chi connectivity index (χ0n) is 5.45. The molecule has 0 spiro atoms. The minimum Gasteiger partial charge on any atom is -0.452 e. The maximum Gasteiger partial charge on any atom is 0.319 e. The fraction of sp³-hybridized carbons (Fsp3) is 1.00. The third kappa shape index (κ3) is 1.70. The Labute approximate surface area is 56.2 Å². The average molecular weight is 127 g/mol. The molecule has 1 saturated carbocycles. The summed E-state index contributed by atoms with van der Waals surface area (Å²) in [6.07, 6.45) is 4.54. The van der Waals surface area contributed by atoms with E-state index in [4.69, 9.17) is 10.1 Å². The summed E-state index contributed by atoms with van der Waals surface area (Å²) >= 11 is 0. The van der Waals surface area contributed by atoms with Crippen molar-refractivity contribution in [1.82, 2.24) is 0 Å². The molecule has 1 atom stereocenters. The van der Waals surface area contributed by atoms with Crippen molar-refractivity contribution in [1.29, 1.82) is 0 Å². The molecule has 0 aromatic rings. The Bertz CT molecular complexity index is 81.1. The Morgan fingerprint density at radius 3 is 2.33 bits per heavy atom. The van der Waals surface area contributed by atoms with Crippen molar-refractivity contribution in [3.63, 3.8) is 0 Å². The first-order valence-corrected chi connectivity index (χ1v) is 3.50. The van der Waals surface area contributed by atoms with E-state index in [0.717, 1.165) is 20.3 Å². The van der Waals surface area contributed by atoms with Crippen molar-refractivity contribution in [3.05, 3.63) is 0 Å². The first-order chi connectivity index (χ1) is 4.34. The predicted molar refractivity (Wildman–Crippen MR) is 35.9 cm³/mol. The van der Waals surface area contributed by atoms with Gasteiger partial charge in [0.15, 0.2) is 0 Å². The van der Waals surface area contributed by atoms with E-state index in [1.807, 2.05) is 0 Å². The lowest BCUT2D eigenvalue weighted by atomic mass is 9.80. The summed E-state index contributed by atoms with van der Waals surface area (Å²) < 4.78 is 0. The molecule has 9 heavy (non-hydrogen) atoms. The Hall–Kier alpha value is -0.0151. The summed E-state index contributed by atoms with van der Waals surface area (Å²) in [6.45, 7) is 0. The lowest BCUT2D eigenvalue weighted by Gasteiger charge is -2.12. The van der Waals surface area contributed by atoms with Gasteiger partial charge in [0.25, 0.3) is 0 Å². The zero-order chi connectivity index (χ0) is 6.69. The molecule has 3 heteroatoms. The van der Waals surface area contributed by atoms with E-state index in [1.54, 1.807) is 0 Å². The molecule has 0 aromatic heterocycles. The van der Waals surface area contributed by atoms with Crippen LogP contribution in [0.3, 0.4) is 0 Å². The second-order valence-electron chi connectivity index (χ2n) is 2.68. The summed E-state index contributed by atoms with van der Waals surface area (Å²) in [5.74, 6) is 0.329.